The van der Waals surface area contributed by atoms with Crippen LogP contribution in [0.1, 0.15) is 24.5 Å². The number of alkyl halides is 2. The molecule has 0 bridgehead atoms. The van der Waals surface area contributed by atoms with Crippen LogP contribution in [0.25, 0.3) is 0 Å². The standard InChI is InChI=1S/C19H17F4N5O3S/c1-28-15(2-5-26-28)12-8-19(22,23)9-16(12)31-11-6-13(20)18(14(21)7-11)32(29,30)27-17-3-4-24-10-25-17/h2-7,10,12,16H,8-9H2,1H3,(H,24,25,27)/t12-,16+/m1/s1. The van der Waals surface area contributed by atoms with Crippen LogP contribution in [0.15, 0.2) is 47.9 Å². The number of anilines is 1. The quantitative estimate of drug-likeness (QED) is 0.554. The van der Waals surface area contributed by atoms with Crippen molar-refractivity contribution in [1.29, 1.82) is 0 Å². The number of ether oxygens (including phenoxy) is 1. The SMILES string of the molecule is Cn1nccc1[C@H]1CC(F)(F)C[C@@H]1Oc1cc(F)c(S(=O)(=O)Nc2ccncn2)c(F)c1. The molecule has 2 aromatic heterocycles. The van der Waals surface area contributed by atoms with Gasteiger partial charge in [0, 0.05) is 56.0 Å². The van der Waals surface area contributed by atoms with Crippen LogP contribution in [0.4, 0.5) is 23.4 Å². The zero-order valence-electron chi connectivity index (χ0n) is 16.5. The zero-order chi connectivity index (χ0) is 23.1. The van der Waals surface area contributed by atoms with Gasteiger partial charge in [-0.15, -0.1) is 0 Å². The Balaban J connectivity index is 1.61. The summed E-state index contributed by atoms with van der Waals surface area (Å²) in [6.45, 7) is 0. The largest absolute Gasteiger partial charge is 0.489 e. The molecule has 0 aliphatic heterocycles. The minimum Gasteiger partial charge on any atom is -0.489 e. The van der Waals surface area contributed by atoms with Crippen LogP contribution in [0.2, 0.25) is 0 Å². The first-order valence-corrected chi connectivity index (χ1v) is 10.8. The molecule has 0 unspecified atom stereocenters. The van der Waals surface area contributed by atoms with Gasteiger partial charge in [0.25, 0.3) is 15.9 Å². The highest BCUT2D eigenvalue weighted by Crippen LogP contribution is 2.46. The maximum Gasteiger partial charge on any atom is 0.268 e. The minimum absolute atomic E-state index is 0.189. The predicted octanol–water partition coefficient (Wildman–Crippen LogP) is 3.25. The Morgan fingerprint density at radius 1 is 1.16 bits per heavy atom. The summed E-state index contributed by atoms with van der Waals surface area (Å²) in [6.07, 6.45) is 1.47. The third kappa shape index (κ3) is 4.38. The van der Waals surface area contributed by atoms with Crippen LogP contribution in [-0.4, -0.2) is 40.2 Å². The van der Waals surface area contributed by atoms with Crippen molar-refractivity contribution >= 4 is 15.8 Å². The molecule has 2 heterocycles. The van der Waals surface area contributed by atoms with Gasteiger partial charge in [-0.1, -0.05) is 0 Å². The Morgan fingerprint density at radius 2 is 1.88 bits per heavy atom. The van der Waals surface area contributed by atoms with Gasteiger partial charge in [-0.2, -0.15) is 5.10 Å². The first-order valence-electron chi connectivity index (χ1n) is 9.36. The lowest BCUT2D eigenvalue weighted by Gasteiger charge is -2.21. The molecule has 8 nitrogen and oxygen atoms in total. The molecule has 0 radical (unpaired) electrons. The van der Waals surface area contributed by atoms with E-state index < -0.39 is 63.1 Å². The van der Waals surface area contributed by atoms with Crippen molar-refractivity contribution in [3.05, 3.63) is 60.3 Å². The Hall–Kier alpha value is -3.22. The van der Waals surface area contributed by atoms with E-state index >= 15 is 0 Å². The van der Waals surface area contributed by atoms with E-state index in [0.717, 1.165) is 6.33 Å². The topological polar surface area (TPSA) is 99.0 Å². The summed E-state index contributed by atoms with van der Waals surface area (Å²) >= 11 is 0. The fourth-order valence-electron chi connectivity index (χ4n) is 3.72. The van der Waals surface area contributed by atoms with Gasteiger partial charge in [0.2, 0.25) is 0 Å². The van der Waals surface area contributed by atoms with E-state index in [1.165, 1.54) is 23.1 Å². The second-order valence-corrected chi connectivity index (χ2v) is 8.94. The van der Waals surface area contributed by atoms with E-state index in [4.69, 9.17) is 4.74 Å². The van der Waals surface area contributed by atoms with E-state index in [0.29, 0.717) is 17.8 Å². The van der Waals surface area contributed by atoms with Crippen LogP contribution in [0.5, 0.6) is 5.75 Å². The Bertz CT molecular complexity index is 1210. The van der Waals surface area contributed by atoms with Gasteiger partial charge >= 0.3 is 0 Å². The first-order chi connectivity index (χ1) is 15.1. The highest BCUT2D eigenvalue weighted by atomic mass is 32.2. The first kappa shape index (κ1) is 22.0. The molecule has 0 spiro atoms. The molecule has 4 rings (SSSR count). The third-order valence-corrected chi connectivity index (χ3v) is 6.46. The van der Waals surface area contributed by atoms with Crippen LogP contribution in [0.3, 0.4) is 0 Å². The summed E-state index contributed by atoms with van der Waals surface area (Å²) in [4.78, 5) is 6.01. The van der Waals surface area contributed by atoms with Crippen molar-refractivity contribution in [1.82, 2.24) is 19.7 Å². The molecule has 1 fully saturated rings. The normalized spacial score (nSPS) is 20.3. The summed E-state index contributed by atoms with van der Waals surface area (Å²) in [7, 11) is -3.08. The van der Waals surface area contributed by atoms with E-state index in [1.807, 2.05) is 4.72 Å². The summed E-state index contributed by atoms with van der Waals surface area (Å²) in [5.41, 5.74) is 0.487. The maximum atomic E-state index is 14.6. The van der Waals surface area contributed by atoms with Crippen LogP contribution in [-0.2, 0) is 17.1 Å². The molecule has 170 valence electrons. The Kier molecular flexibility index (Phi) is 5.53. The Labute approximate surface area is 180 Å². The summed E-state index contributed by atoms with van der Waals surface area (Å²) in [6, 6.07) is 4.06. The number of hydrogen-bond donors (Lipinski definition) is 1. The molecule has 1 aliphatic rings. The maximum absolute atomic E-state index is 14.6. The van der Waals surface area contributed by atoms with Gasteiger partial charge in [-0.3, -0.25) is 9.40 Å². The average molecular weight is 471 g/mol. The lowest BCUT2D eigenvalue weighted by Crippen LogP contribution is -2.23. The second-order valence-electron chi connectivity index (χ2n) is 7.32. The molecule has 13 heteroatoms. The van der Waals surface area contributed by atoms with Gasteiger partial charge in [-0.05, 0) is 12.1 Å². The van der Waals surface area contributed by atoms with Crippen molar-refractivity contribution in [2.45, 2.75) is 35.7 Å². The highest BCUT2D eigenvalue weighted by Gasteiger charge is 2.49. The van der Waals surface area contributed by atoms with Gasteiger partial charge in [0.1, 0.15) is 35.6 Å². The van der Waals surface area contributed by atoms with Gasteiger partial charge in [0.05, 0.1) is 0 Å². The molecule has 1 aliphatic carbocycles. The average Bonchev–Trinajstić information content (AvgIpc) is 3.23. The number of aromatic nitrogens is 4. The number of nitrogens with zero attached hydrogens (tertiary/aromatic N) is 4. The van der Waals surface area contributed by atoms with Gasteiger partial charge < -0.3 is 4.74 Å². The molecule has 1 saturated carbocycles. The molecular weight excluding hydrogens is 454 g/mol. The van der Waals surface area contributed by atoms with Crippen LogP contribution < -0.4 is 9.46 Å². The second kappa shape index (κ2) is 8.04. The summed E-state index contributed by atoms with van der Waals surface area (Å²) in [5.74, 6) is -7.29. The molecular formula is C19H17F4N5O3S. The molecule has 1 N–H and O–H groups in total. The molecule has 0 amide bonds. The number of rotatable bonds is 6. The zero-order valence-corrected chi connectivity index (χ0v) is 17.4. The van der Waals surface area contributed by atoms with Crippen LogP contribution >= 0.6 is 0 Å². The van der Waals surface area contributed by atoms with E-state index in [9.17, 15) is 26.0 Å². The minimum atomic E-state index is -4.67. The van der Waals surface area contributed by atoms with Crippen molar-refractivity contribution in [2.75, 3.05) is 4.72 Å². The lowest BCUT2D eigenvalue weighted by molar-refractivity contribution is -0.00140. The fourth-order valence-corrected chi connectivity index (χ4v) is 4.85. The number of nitrogens with one attached hydrogen (secondary N) is 1. The molecule has 2 atom stereocenters. The molecule has 3 aromatic rings. The monoisotopic (exact) mass is 471 g/mol. The van der Waals surface area contributed by atoms with E-state index in [2.05, 4.69) is 15.1 Å². The van der Waals surface area contributed by atoms with Crippen molar-refractivity contribution in [3.8, 4) is 5.75 Å². The van der Waals surface area contributed by atoms with Crippen molar-refractivity contribution in [2.24, 2.45) is 7.05 Å². The van der Waals surface area contributed by atoms with E-state index in [1.54, 1.807) is 13.1 Å². The Morgan fingerprint density at radius 3 is 2.47 bits per heavy atom. The number of sulfonamides is 1. The fraction of sp³-hybridized carbons (Fsp3) is 0.316. The van der Waals surface area contributed by atoms with Crippen molar-refractivity contribution in [3.63, 3.8) is 0 Å². The number of hydrogen-bond acceptors (Lipinski definition) is 6. The van der Waals surface area contributed by atoms with Gasteiger partial charge in [-0.25, -0.2) is 35.9 Å². The lowest BCUT2D eigenvalue weighted by atomic mass is 10.0. The third-order valence-electron chi connectivity index (χ3n) is 5.05. The predicted molar refractivity (Wildman–Crippen MR) is 104 cm³/mol. The molecule has 32 heavy (non-hydrogen) atoms. The van der Waals surface area contributed by atoms with Crippen molar-refractivity contribution < 1.29 is 30.7 Å². The molecule has 1 aromatic carbocycles. The molecule has 0 saturated heterocycles. The van der Waals surface area contributed by atoms with Gasteiger partial charge in [0.15, 0.2) is 4.90 Å². The number of aryl methyl sites for hydroxylation is 1. The summed E-state index contributed by atoms with van der Waals surface area (Å²) < 4.78 is 91.2. The van der Waals surface area contributed by atoms with E-state index in [-0.39, 0.29) is 5.82 Å². The highest BCUT2D eigenvalue weighted by molar-refractivity contribution is 7.92. The summed E-state index contributed by atoms with van der Waals surface area (Å²) in [5, 5.41) is 3.97. The number of benzene rings is 1. The number of halogens is 4. The smallest absolute Gasteiger partial charge is 0.268 e. The van der Waals surface area contributed by atoms with Crippen LogP contribution in [0, 0.1) is 11.6 Å².